The molecule has 2 heteroatoms. The molecule has 0 spiro atoms. The van der Waals surface area contributed by atoms with Crippen molar-refractivity contribution in [3.8, 4) is 5.75 Å². The number of hydrogen-bond acceptors (Lipinski definition) is 2. The number of hydrogen-bond donors (Lipinski definition) is 0. The Morgan fingerprint density at radius 1 is 1.37 bits per heavy atom. The van der Waals surface area contributed by atoms with Crippen molar-refractivity contribution in [2.24, 2.45) is 5.92 Å². The van der Waals surface area contributed by atoms with Crippen molar-refractivity contribution in [2.45, 2.75) is 27.2 Å². The van der Waals surface area contributed by atoms with Crippen molar-refractivity contribution in [3.05, 3.63) is 35.9 Å². The zero-order valence-electron chi connectivity index (χ0n) is 12.9. The van der Waals surface area contributed by atoms with E-state index in [-0.39, 0.29) is 0 Å². The van der Waals surface area contributed by atoms with Gasteiger partial charge in [-0.05, 0) is 56.1 Å². The van der Waals surface area contributed by atoms with E-state index in [2.05, 4.69) is 57.0 Å². The molecule has 1 aromatic carbocycles. The van der Waals surface area contributed by atoms with E-state index in [0.29, 0.717) is 5.92 Å². The molecule has 0 saturated carbocycles. The SMILES string of the molecule is C/C=C(\c1cccc(OC)c1)C(CC)CN(C)CC. The first-order valence-electron chi connectivity index (χ1n) is 7.15. The molecule has 0 bridgehead atoms. The fraction of sp³-hybridized carbons (Fsp3) is 0.529. The Kier molecular flexibility index (Phi) is 6.65. The molecule has 1 aromatic rings. The minimum atomic E-state index is 0.571. The van der Waals surface area contributed by atoms with Gasteiger partial charge in [0, 0.05) is 6.54 Å². The van der Waals surface area contributed by atoms with E-state index in [1.807, 2.05) is 6.07 Å². The lowest BCUT2D eigenvalue weighted by Gasteiger charge is -2.25. The Morgan fingerprint density at radius 2 is 2.11 bits per heavy atom. The first kappa shape index (κ1) is 15.8. The highest BCUT2D eigenvalue weighted by atomic mass is 16.5. The van der Waals surface area contributed by atoms with Crippen LogP contribution in [0, 0.1) is 5.92 Å². The quantitative estimate of drug-likeness (QED) is 0.733. The van der Waals surface area contributed by atoms with Crippen LogP contribution in [0.4, 0.5) is 0 Å². The third-order valence-corrected chi connectivity index (χ3v) is 3.72. The van der Waals surface area contributed by atoms with Crippen molar-refractivity contribution in [3.63, 3.8) is 0 Å². The Hall–Kier alpha value is -1.28. The van der Waals surface area contributed by atoms with Gasteiger partial charge in [0.2, 0.25) is 0 Å². The molecule has 0 saturated heterocycles. The van der Waals surface area contributed by atoms with Crippen LogP contribution >= 0.6 is 0 Å². The topological polar surface area (TPSA) is 12.5 Å². The largest absolute Gasteiger partial charge is 0.497 e. The fourth-order valence-corrected chi connectivity index (χ4v) is 2.39. The van der Waals surface area contributed by atoms with Gasteiger partial charge in [0.25, 0.3) is 0 Å². The van der Waals surface area contributed by atoms with Gasteiger partial charge in [0.15, 0.2) is 0 Å². The van der Waals surface area contributed by atoms with E-state index >= 15 is 0 Å². The van der Waals surface area contributed by atoms with Crippen molar-refractivity contribution in [1.29, 1.82) is 0 Å². The van der Waals surface area contributed by atoms with E-state index in [0.717, 1.165) is 25.3 Å². The smallest absolute Gasteiger partial charge is 0.119 e. The summed E-state index contributed by atoms with van der Waals surface area (Å²) in [6, 6.07) is 8.36. The molecule has 0 aliphatic rings. The van der Waals surface area contributed by atoms with Gasteiger partial charge in [-0.25, -0.2) is 0 Å². The van der Waals surface area contributed by atoms with Crippen LogP contribution in [0.2, 0.25) is 0 Å². The highest BCUT2D eigenvalue weighted by molar-refractivity contribution is 5.68. The van der Waals surface area contributed by atoms with Gasteiger partial charge in [-0.15, -0.1) is 0 Å². The van der Waals surface area contributed by atoms with Crippen LogP contribution in [0.5, 0.6) is 5.75 Å². The summed E-state index contributed by atoms with van der Waals surface area (Å²) in [4.78, 5) is 2.37. The predicted octanol–water partition coefficient (Wildman–Crippen LogP) is 4.08. The number of ether oxygens (including phenoxy) is 1. The lowest BCUT2D eigenvalue weighted by atomic mass is 9.89. The number of nitrogens with zero attached hydrogens (tertiary/aromatic N) is 1. The Morgan fingerprint density at radius 3 is 2.63 bits per heavy atom. The van der Waals surface area contributed by atoms with Gasteiger partial charge in [0.05, 0.1) is 7.11 Å². The van der Waals surface area contributed by atoms with E-state index in [1.165, 1.54) is 11.1 Å². The van der Waals surface area contributed by atoms with E-state index < -0.39 is 0 Å². The number of methoxy groups -OCH3 is 1. The minimum absolute atomic E-state index is 0.571. The maximum atomic E-state index is 5.33. The number of rotatable bonds is 7. The summed E-state index contributed by atoms with van der Waals surface area (Å²) in [5, 5.41) is 0. The van der Waals surface area contributed by atoms with Crippen molar-refractivity contribution in [1.82, 2.24) is 4.90 Å². The normalized spacial score (nSPS) is 13.7. The van der Waals surface area contributed by atoms with Gasteiger partial charge >= 0.3 is 0 Å². The highest BCUT2D eigenvalue weighted by Gasteiger charge is 2.15. The van der Waals surface area contributed by atoms with Crippen molar-refractivity contribution >= 4 is 5.57 Å². The second-order valence-electron chi connectivity index (χ2n) is 4.94. The van der Waals surface area contributed by atoms with Gasteiger partial charge < -0.3 is 9.64 Å². The van der Waals surface area contributed by atoms with Crippen LogP contribution in [0.1, 0.15) is 32.8 Å². The molecule has 1 atom stereocenters. The first-order valence-corrected chi connectivity index (χ1v) is 7.15. The van der Waals surface area contributed by atoms with Crippen LogP contribution in [-0.2, 0) is 0 Å². The summed E-state index contributed by atoms with van der Waals surface area (Å²) in [7, 11) is 3.90. The zero-order valence-corrected chi connectivity index (χ0v) is 12.9. The van der Waals surface area contributed by atoms with Crippen LogP contribution in [-0.4, -0.2) is 32.1 Å². The van der Waals surface area contributed by atoms with Crippen LogP contribution in [0.15, 0.2) is 30.3 Å². The molecule has 0 aromatic heterocycles. The summed E-state index contributed by atoms with van der Waals surface area (Å²) in [5.41, 5.74) is 2.69. The summed E-state index contributed by atoms with van der Waals surface area (Å²) >= 11 is 0. The number of benzene rings is 1. The third kappa shape index (κ3) is 4.39. The van der Waals surface area contributed by atoms with Crippen LogP contribution in [0.3, 0.4) is 0 Å². The van der Waals surface area contributed by atoms with E-state index in [1.54, 1.807) is 7.11 Å². The number of allylic oxidation sites excluding steroid dienone is 1. The average Bonchev–Trinajstić information content (AvgIpc) is 2.46. The molecular weight excluding hydrogens is 234 g/mol. The summed E-state index contributed by atoms with van der Waals surface area (Å²) < 4.78 is 5.33. The zero-order chi connectivity index (χ0) is 14.3. The standard InChI is InChI=1S/C17H27NO/c1-6-14(13-18(4)8-3)17(7-2)15-10-9-11-16(12-15)19-5/h7,9-12,14H,6,8,13H2,1-5H3/b17-7-. The van der Waals surface area contributed by atoms with E-state index in [9.17, 15) is 0 Å². The van der Waals surface area contributed by atoms with Crippen molar-refractivity contribution in [2.75, 3.05) is 27.2 Å². The minimum Gasteiger partial charge on any atom is -0.497 e. The lowest BCUT2D eigenvalue weighted by Crippen LogP contribution is -2.26. The molecule has 19 heavy (non-hydrogen) atoms. The maximum absolute atomic E-state index is 5.33. The molecule has 1 unspecified atom stereocenters. The molecule has 106 valence electrons. The Bertz CT molecular complexity index is 411. The van der Waals surface area contributed by atoms with Gasteiger partial charge in [-0.1, -0.05) is 32.1 Å². The summed E-state index contributed by atoms with van der Waals surface area (Å²) in [5.74, 6) is 1.50. The van der Waals surface area contributed by atoms with Crippen molar-refractivity contribution < 1.29 is 4.74 Å². The molecule has 0 fully saturated rings. The van der Waals surface area contributed by atoms with E-state index in [4.69, 9.17) is 4.74 Å². The highest BCUT2D eigenvalue weighted by Crippen LogP contribution is 2.29. The monoisotopic (exact) mass is 261 g/mol. The maximum Gasteiger partial charge on any atom is 0.119 e. The molecule has 0 radical (unpaired) electrons. The Balaban J connectivity index is 2.97. The molecule has 0 amide bonds. The second-order valence-corrected chi connectivity index (χ2v) is 4.94. The first-order chi connectivity index (χ1) is 9.15. The van der Waals surface area contributed by atoms with Crippen LogP contribution < -0.4 is 4.74 Å². The molecule has 0 aliphatic carbocycles. The lowest BCUT2D eigenvalue weighted by molar-refractivity contribution is 0.315. The average molecular weight is 261 g/mol. The van der Waals surface area contributed by atoms with Gasteiger partial charge in [0.1, 0.15) is 5.75 Å². The molecular formula is C17H27NO. The summed E-state index contributed by atoms with van der Waals surface area (Å²) in [6.07, 6.45) is 3.40. The fourth-order valence-electron chi connectivity index (χ4n) is 2.39. The molecule has 0 N–H and O–H groups in total. The Labute approximate surface area is 118 Å². The summed E-state index contributed by atoms with van der Waals surface area (Å²) in [6.45, 7) is 8.78. The van der Waals surface area contributed by atoms with Gasteiger partial charge in [-0.2, -0.15) is 0 Å². The van der Waals surface area contributed by atoms with Gasteiger partial charge in [-0.3, -0.25) is 0 Å². The second kappa shape index (κ2) is 8.00. The molecule has 2 nitrogen and oxygen atoms in total. The third-order valence-electron chi connectivity index (χ3n) is 3.72. The molecule has 1 rings (SSSR count). The van der Waals surface area contributed by atoms with Crippen LogP contribution in [0.25, 0.3) is 5.57 Å². The predicted molar refractivity (Wildman–Crippen MR) is 83.6 cm³/mol. The molecule has 0 heterocycles. The molecule has 0 aliphatic heterocycles.